The number of nitrogens with zero attached hydrogens (tertiary/aromatic N) is 5. The van der Waals surface area contributed by atoms with Gasteiger partial charge in [-0.05, 0) is 48.5 Å². The van der Waals surface area contributed by atoms with Gasteiger partial charge in [0.1, 0.15) is 16.7 Å². The van der Waals surface area contributed by atoms with E-state index in [2.05, 4.69) is 9.97 Å². The van der Waals surface area contributed by atoms with E-state index in [-0.39, 0.29) is 66.0 Å². The summed E-state index contributed by atoms with van der Waals surface area (Å²) < 4.78 is 58.0. The fourth-order valence-corrected chi connectivity index (χ4v) is 6.24. The summed E-state index contributed by atoms with van der Waals surface area (Å²) in [5, 5.41) is -0.0966. The van der Waals surface area contributed by atoms with Crippen LogP contribution in [0.25, 0.3) is 0 Å². The average molecular weight is 563 g/mol. The molecule has 2 saturated heterocycles. The molecule has 0 aliphatic carbocycles. The summed E-state index contributed by atoms with van der Waals surface area (Å²) in [6.45, 7) is 1.12. The van der Waals surface area contributed by atoms with Gasteiger partial charge in [0.15, 0.2) is 0 Å². The molecular weight excluding hydrogens is 538 g/mol. The number of benzene rings is 1. The van der Waals surface area contributed by atoms with Crippen molar-refractivity contribution in [3.8, 4) is 0 Å². The second kappa shape index (κ2) is 10.2. The fourth-order valence-electron chi connectivity index (χ4n) is 4.61. The van der Waals surface area contributed by atoms with Crippen molar-refractivity contribution in [1.82, 2.24) is 14.3 Å². The van der Waals surface area contributed by atoms with Crippen molar-refractivity contribution in [3.05, 3.63) is 77.2 Å². The maximum atomic E-state index is 15.1. The zero-order chi connectivity index (χ0) is 27.1. The quantitative estimate of drug-likeness (QED) is 0.460. The minimum atomic E-state index is -3.80. The van der Waals surface area contributed by atoms with Crippen LogP contribution in [0.5, 0.6) is 0 Å². The summed E-state index contributed by atoms with van der Waals surface area (Å²) in [6, 6.07) is 12.5. The standard InChI is InChI=1S/C25H25ClF2N6O3S/c26-22-13-17(25(27,28)21-3-1-2-8-30-21)14-23(31-22)32-9-11-33(12-10-32)38(36,37)20-6-4-19(5-7-20)34-16-18(29)15-24(34)35/h1-8,13-14,18H,9-12,15-16,29H2. The molecule has 1 atom stereocenters. The molecule has 1 aromatic carbocycles. The van der Waals surface area contributed by atoms with Gasteiger partial charge in [0.2, 0.25) is 15.9 Å². The highest BCUT2D eigenvalue weighted by Crippen LogP contribution is 2.37. The van der Waals surface area contributed by atoms with Crippen LogP contribution >= 0.6 is 11.6 Å². The van der Waals surface area contributed by atoms with Gasteiger partial charge in [-0.25, -0.2) is 13.4 Å². The number of hydrogen-bond acceptors (Lipinski definition) is 7. The van der Waals surface area contributed by atoms with Crippen LogP contribution in [0.4, 0.5) is 20.3 Å². The summed E-state index contributed by atoms with van der Waals surface area (Å²) in [6.07, 6.45) is 1.55. The Morgan fingerprint density at radius 1 is 1.03 bits per heavy atom. The molecule has 0 saturated carbocycles. The number of halogens is 3. The van der Waals surface area contributed by atoms with E-state index in [4.69, 9.17) is 17.3 Å². The number of hydrogen-bond donors (Lipinski definition) is 1. The summed E-state index contributed by atoms with van der Waals surface area (Å²) in [7, 11) is -3.80. The zero-order valence-corrected chi connectivity index (χ0v) is 21.7. The predicted molar refractivity (Wildman–Crippen MR) is 139 cm³/mol. The number of carbonyl (C=O) groups excluding carboxylic acids is 1. The number of nitrogens with two attached hydrogens (primary N) is 1. The van der Waals surface area contributed by atoms with Gasteiger partial charge in [0.25, 0.3) is 0 Å². The van der Waals surface area contributed by atoms with Crippen molar-refractivity contribution in [2.24, 2.45) is 5.73 Å². The third-order valence-electron chi connectivity index (χ3n) is 6.63. The first-order valence-electron chi connectivity index (χ1n) is 11.9. The molecule has 5 rings (SSSR count). The molecule has 0 bridgehead atoms. The van der Waals surface area contributed by atoms with Gasteiger partial charge in [-0.15, -0.1) is 0 Å². The first kappa shape index (κ1) is 26.4. The van der Waals surface area contributed by atoms with Crippen LogP contribution in [0.15, 0.2) is 65.7 Å². The number of sulfonamides is 1. The number of alkyl halides is 2. The SMILES string of the molecule is NC1CC(=O)N(c2ccc(S(=O)(=O)N3CCN(c4cc(C(F)(F)c5ccccn5)cc(Cl)n4)CC3)cc2)C1. The Morgan fingerprint density at radius 3 is 2.34 bits per heavy atom. The molecule has 2 fully saturated rings. The third kappa shape index (κ3) is 5.08. The Bertz CT molecular complexity index is 1440. The molecule has 38 heavy (non-hydrogen) atoms. The van der Waals surface area contributed by atoms with E-state index < -0.39 is 21.6 Å². The van der Waals surface area contributed by atoms with E-state index in [1.165, 1.54) is 40.8 Å². The lowest BCUT2D eigenvalue weighted by molar-refractivity contribution is -0.117. The highest BCUT2D eigenvalue weighted by atomic mass is 35.5. The first-order chi connectivity index (χ1) is 18.1. The molecule has 3 aromatic rings. The minimum Gasteiger partial charge on any atom is -0.354 e. The smallest absolute Gasteiger partial charge is 0.315 e. The molecular formula is C25H25ClF2N6O3S. The Morgan fingerprint density at radius 2 is 1.74 bits per heavy atom. The van der Waals surface area contributed by atoms with Crippen LogP contribution in [0.3, 0.4) is 0 Å². The molecule has 2 N–H and O–H groups in total. The normalized spacial score (nSPS) is 19.3. The molecule has 2 aliphatic rings. The Labute approximate surface area is 223 Å². The second-order valence-corrected chi connectivity index (χ2v) is 11.5. The van der Waals surface area contributed by atoms with Crippen LogP contribution in [0.2, 0.25) is 5.15 Å². The maximum absolute atomic E-state index is 15.1. The van der Waals surface area contributed by atoms with Gasteiger partial charge < -0.3 is 15.5 Å². The van der Waals surface area contributed by atoms with Gasteiger partial charge >= 0.3 is 5.92 Å². The lowest BCUT2D eigenvalue weighted by Crippen LogP contribution is -2.49. The molecule has 1 unspecified atom stereocenters. The molecule has 2 aromatic heterocycles. The molecule has 0 spiro atoms. The highest BCUT2D eigenvalue weighted by molar-refractivity contribution is 7.89. The van der Waals surface area contributed by atoms with Gasteiger partial charge in [-0.3, -0.25) is 9.78 Å². The van der Waals surface area contributed by atoms with Crippen molar-refractivity contribution in [1.29, 1.82) is 0 Å². The summed E-state index contributed by atoms with van der Waals surface area (Å²) >= 11 is 6.09. The average Bonchev–Trinajstić information content (AvgIpc) is 3.26. The molecule has 1 amide bonds. The van der Waals surface area contributed by atoms with Crippen LogP contribution in [-0.2, 0) is 20.7 Å². The Balaban J connectivity index is 1.29. The summed E-state index contributed by atoms with van der Waals surface area (Å²) in [4.78, 5) is 23.4. The van der Waals surface area contributed by atoms with Crippen LogP contribution in [0, 0.1) is 0 Å². The van der Waals surface area contributed by atoms with E-state index in [0.29, 0.717) is 12.2 Å². The van der Waals surface area contributed by atoms with E-state index >= 15 is 8.78 Å². The lowest BCUT2D eigenvalue weighted by Gasteiger charge is -2.35. The molecule has 2 aliphatic heterocycles. The zero-order valence-electron chi connectivity index (χ0n) is 20.2. The monoisotopic (exact) mass is 562 g/mol. The van der Waals surface area contributed by atoms with Crippen molar-refractivity contribution in [2.75, 3.05) is 42.5 Å². The maximum Gasteiger partial charge on any atom is 0.315 e. The Kier molecular flexibility index (Phi) is 7.07. The molecule has 200 valence electrons. The van der Waals surface area contributed by atoms with Gasteiger partial charge in [0, 0.05) is 62.6 Å². The summed E-state index contributed by atoms with van der Waals surface area (Å²) in [5.41, 5.74) is 5.68. The van der Waals surface area contributed by atoms with Crippen molar-refractivity contribution in [2.45, 2.75) is 23.3 Å². The second-order valence-electron chi connectivity index (χ2n) is 9.18. The number of rotatable bonds is 6. The fraction of sp³-hybridized carbons (Fsp3) is 0.320. The largest absolute Gasteiger partial charge is 0.354 e. The van der Waals surface area contributed by atoms with Crippen LogP contribution in [0.1, 0.15) is 17.7 Å². The number of amides is 1. The predicted octanol–water partition coefficient (Wildman–Crippen LogP) is 2.85. The minimum absolute atomic E-state index is 0.0966. The molecule has 13 heteroatoms. The summed E-state index contributed by atoms with van der Waals surface area (Å²) in [5.74, 6) is -3.25. The van der Waals surface area contributed by atoms with Gasteiger partial charge in [0.05, 0.1) is 4.90 Å². The van der Waals surface area contributed by atoms with Crippen LogP contribution < -0.4 is 15.5 Å². The van der Waals surface area contributed by atoms with Gasteiger partial charge in [-0.1, -0.05) is 17.7 Å². The number of carbonyl (C=O) groups is 1. The highest BCUT2D eigenvalue weighted by Gasteiger charge is 2.37. The molecule has 0 radical (unpaired) electrons. The van der Waals surface area contributed by atoms with E-state index in [1.54, 1.807) is 28.0 Å². The van der Waals surface area contributed by atoms with Crippen molar-refractivity contribution >= 4 is 39.0 Å². The molecule has 4 heterocycles. The van der Waals surface area contributed by atoms with Crippen molar-refractivity contribution in [3.63, 3.8) is 0 Å². The third-order valence-corrected chi connectivity index (χ3v) is 8.74. The first-order valence-corrected chi connectivity index (χ1v) is 13.8. The number of aromatic nitrogens is 2. The lowest BCUT2D eigenvalue weighted by atomic mass is 10.1. The number of anilines is 2. The van der Waals surface area contributed by atoms with Gasteiger partial charge in [-0.2, -0.15) is 13.1 Å². The molecule has 9 nitrogen and oxygen atoms in total. The van der Waals surface area contributed by atoms with E-state index in [9.17, 15) is 13.2 Å². The number of piperazine rings is 1. The van der Waals surface area contributed by atoms with Crippen molar-refractivity contribution < 1.29 is 22.0 Å². The number of pyridine rings is 2. The van der Waals surface area contributed by atoms with Crippen LogP contribution in [-0.4, -0.2) is 67.4 Å². The van der Waals surface area contributed by atoms with E-state index in [1.807, 2.05) is 0 Å². The Hall–Kier alpha value is -3.19. The van der Waals surface area contributed by atoms with E-state index in [0.717, 1.165) is 6.07 Å². The topological polar surface area (TPSA) is 113 Å².